The third-order valence-corrected chi connectivity index (χ3v) is 5.14. The SMILES string of the molecule is CC(C)c1ccc(N2C[C@@H](c3nc(-c4ccc(Cl)cc4)no3)CC2=O)cc1. The third kappa shape index (κ3) is 3.60. The van der Waals surface area contributed by atoms with E-state index in [-0.39, 0.29) is 11.8 Å². The number of amides is 1. The molecule has 6 heteroatoms. The van der Waals surface area contributed by atoms with Crippen LogP contribution in [0.15, 0.2) is 53.1 Å². The van der Waals surface area contributed by atoms with E-state index in [2.05, 4.69) is 36.1 Å². The Morgan fingerprint density at radius 2 is 1.81 bits per heavy atom. The second-order valence-corrected chi connectivity index (χ2v) is 7.55. The Kier molecular flexibility index (Phi) is 4.70. The number of halogens is 1. The highest BCUT2D eigenvalue weighted by Crippen LogP contribution is 2.32. The van der Waals surface area contributed by atoms with Gasteiger partial charge >= 0.3 is 0 Å². The highest BCUT2D eigenvalue weighted by atomic mass is 35.5. The Labute approximate surface area is 163 Å². The van der Waals surface area contributed by atoms with E-state index in [0.717, 1.165) is 11.3 Å². The number of nitrogens with zero attached hydrogens (tertiary/aromatic N) is 3. The zero-order valence-electron chi connectivity index (χ0n) is 15.2. The highest BCUT2D eigenvalue weighted by Gasteiger charge is 2.35. The van der Waals surface area contributed by atoms with E-state index in [4.69, 9.17) is 16.1 Å². The van der Waals surface area contributed by atoms with Crippen LogP contribution in [0.4, 0.5) is 5.69 Å². The normalized spacial score (nSPS) is 17.1. The smallest absolute Gasteiger partial charge is 0.232 e. The minimum Gasteiger partial charge on any atom is -0.339 e. The molecule has 138 valence electrons. The Bertz CT molecular complexity index is 948. The summed E-state index contributed by atoms with van der Waals surface area (Å²) < 4.78 is 5.44. The van der Waals surface area contributed by atoms with E-state index >= 15 is 0 Å². The summed E-state index contributed by atoms with van der Waals surface area (Å²) in [4.78, 5) is 18.8. The van der Waals surface area contributed by atoms with Crippen LogP contribution in [0.3, 0.4) is 0 Å². The first-order valence-electron chi connectivity index (χ1n) is 9.01. The fourth-order valence-electron chi connectivity index (χ4n) is 3.28. The van der Waals surface area contributed by atoms with Gasteiger partial charge in [-0.2, -0.15) is 4.98 Å². The fourth-order valence-corrected chi connectivity index (χ4v) is 3.40. The number of carbonyl (C=O) groups is 1. The molecule has 1 atom stereocenters. The van der Waals surface area contributed by atoms with Crippen LogP contribution >= 0.6 is 11.6 Å². The van der Waals surface area contributed by atoms with Crippen LogP contribution in [0.1, 0.15) is 43.6 Å². The molecular formula is C21H20ClN3O2. The first-order chi connectivity index (χ1) is 13.0. The van der Waals surface area contributed by atoms with Crippen LogP contribution in [0.25, 0.3) is 11.4 Å². The van der Waals surface area contributed by atoms with Crippen molar-refractivity contribution in [2.45, 2.75) is 32.1 Å². The molecule has 0 saturated carbocycles. The first kappa shape index (κ1) is 17.7. The van der Waals surface area contributed by atoms with Gasteiger partial charge in [-0.1, -0.05) is 42.7 Å². The molecule has 2 heterocycles. The lowest BCUT2D eigenvalue weighted by Crippen LogP contribution is -2.24. The predicted octanol–water partition coefficient (Wildman–Crippen LogP) is 5.03. The molecular weight excluding hydrogens is 362 g/mol. The monoisotopic (exact) mass is 381 g/mol. The molecule has 2 aromatic carbocycles. The van der Waals surface area contributed by atoms with Gasteiger partial charge in [0.25, 0.3) is 0 Å². The molecule has 0 radical (unpaired) electrons. The van der Waals surface area contributed by atoms with Crippen molar-refractivity contribution in [1.29, 1.82) is 0 Å². The van der Waals surface area contributed by atoms with Crippen molar-refractivity contribution in [1.82, 2.24) is 10.1 Å². The van der Waals surface area contributed by atoms with Crippen LogP contribution in [-0.2, 0) is 4.79 Å². The zero-order valence-corrected chi connectivity index (χ0v) is 16.0. The maximum absolute atomic E-state index is 12.5. The molecule has 4 rings (SSSR count). The van der Waals surface area contributed by atoms with Gasteiger partial charge in [0, 0.05) is 29.2 Å². The number of benzene rings is 2. The molecule has 0 unspecified atom stereocenters. The summed E-state index contributed by atoms with van der Waals surface area (Å²) >= 11 is 5.92. The summed E-state index contributed by atoms with van der Waals surface area (Å²) in [5.41, 5.74) is 3.00. The highest BCUT2D eigenvalue weighted by molar-refractivity contribution is 6.30. The van der Waals surface area contributed by atoms with Gasteiger partial charge in [0.2, 0.25) is 17.6 Å². The molecule has 1 aliphatic rings. The van der Waals surface area contributed by atoms with Crippen LogP contribution in [0.2, 0.25) is 5.02 Å². The molecule has 3 aromatic rings. The third-order valence-electron chi connectivity index (χ3n) is 4.89. The molecule has 5 nitrogen and oxygen atoms in total. The summed E-state index contributed by atoms with van der Waals surface area (Å²) in [6.07, 6.45) is 0.369. The standard InChI is InChI=1S/C21H20ClN3O2/c1-13(2)14-5-9-18(10-6-14)25-12-16(11-19(25)26)21-23-20(24-27-21)15-3-7-17(22)8-4-15/h3-10,13,16H,11-12H2,1-2H3/t16-/m0/s1. The number of anilines is 1. The fraction of sp³-hybridized carbons (Fsp3) is 0.286. The zero-order chi connectivity index (χ0) is 19.0. The van der Waals surface area contributed by atoms with E-state index in [1.807, 2.05) is 24.3 Å². The van der Waals surface area contributed by atoms with Gasteiger partial charge < -0.3 is 9.42 Å². The minimum absolute atomic E-state index is 0.0727. The van der Waals surface area contributed by atoms with Crippen molar-refractivity contribution in [3.05, 3.63) is 65.0 Å². The Morgan fingerprint density at radius 1 is 1.11 bits per heavy atom. The van der Waals surface area contributed by atoms with Crippen molar-refractivity contribution in [2.75, 3.05) is 11.4 Å². The summed E-state index contributed by atoms with van der Waals surface area (Å²) in [7, 11) is 0. The van der Waals surface area contributed by atoms with E-state index in [1.54, 1.807) is 17.0 Å². The first-order valence-corrected chi connectivity index (χ1v) is 9.39. The molecule has 1 saturated heterocycles. The molecule has 0 spiro atoms. The molecule has 0 bridgehead atoms. The van der Waals surface area contributed by atoms with Gasteiger partial charge in [-0.3, -0.25) is 4.79 Å². The molecule has 1 amide bonds. The molecule has 0 aliphatic carbocycles. The predicted molar refractivity (Wildman–Crippen MR) is 105 cm³/mol. The second kappa shape index (κ2) is 7.16. The average Bonchev–Trinajstić information content (AvgIpc) is 3.29. The van der Waals surface area contributed by atoms with E-state index in [1.165, 1.54) is 5.56 Å². The minimum atomic E-state index is -0.101. The van der Waals surface area contributed by atoms with Gasteiger partial charge in [-0.05, 0) is 47.9 Å². The van der Waals surface area contributed by atoms with E-state index in [0.29, 0.717) is 35.6 Å². The van der Waals surface area contributed by atoms with Crippen molar-refractivity contribution in [3.8, 4) is 11.4 Å². The summed E-state index contributed by atoms with van der Waals surface area (Å²) in [5.74, 6) is 1.44. The van der Waals surface area contributed by atoms with Crippen LogP contribution in [0, 0.1) is 0 Å². The van der Waals surface area contributed by atoms with Crippen molar-refractivity contribution in [3.63, 3.8) is 0 Å². The van der Waals surface area contributed by atoms with Crippen molar-refractivity contribution >= 4 is 23.2 Å². The molecule has 27 heavy (non-hydrogen) atoms. The van der Waals surface area contributed by atoms with Crippen LogP contribution in [-0.4, -0.2) is 22.6 Å². The summed E-state index contributed by atoms with van der Waals surface area (Å²) in [6, 6.07) is 15.4. The molecule has 1 aromatic heterocycles. The van der Waals surface area contributed by atoms with E-state index < -0.39 is 0 Å². The van der Waals surface area contributed by atoms with Crippen LogP contribution in [0.5, 0.6) is 0 Å². The molecule has 0 N–H and O–H groups in total. The number of hydrogen-bond donors (Lipinski definition) is 0. The maximum Gasteiger partial charge on any atom is 0.232 e. The second-order valence-electron chi connectivity index (χ2n) is 7.11. The van der Waals surface area contributed by atoms with Crippen LogP contribution < -0.4 is 4.90 Å². The van der Waals surface area contributed by atoms with Gasteiger partial charge in [0.15, 0.2) is 0 Å². The number of hydrogen-bond acceptors (Lipinski definition) is 4. The number of aromatic nitrogens is 2. The topological polar surface area (TPSA) is 59.2 Å². The van der Waals surface area contributed by atoms with Gasteiger partial charge in [0.05, 0.1) is 5.92 Å². The number of rotatable bonds is 4. The lowest BCUT2D eigenvalue weighted by molar-refractivity contribution is -0.117. The van der Waals surface area contributed by atoms with Crippen molar-refractivity contribution < 1.29 is 9.32 Å². The lowest BCUT2D eigenvalue weighted by Gasteiger charge is -2.17. The largest absolute Gasteiger partial charge is 0.339 e. The maximum atomic E-state index is 12.5. The van der Waals surface area contributed by atoms with Gasteiger partial charge in [-0.15, -0.1) is 0 Å². The molecule has 1 fully saturated rings. The molecule has 1 aliphatic heterocycles. The van der Waals surface area contributed by atoms with Gasteiger partial charge in [-0.25, -0.2) is 0 Å². The lowest BCUT2D eigenvalue weighted by atomic mass is 10.0. The summed E-state index contributed by atoms with van der Waals surface area (Å²) in [5, 5.41) is 4.71. The quantitative estimate of drug-likeness (QED) is 0.635. The Balaban J connectivity index is 1.51. The Morgan fingerprint density at radius 3 is 2.48 bits per heavy atom. The summed E-state index contributed by atoms with van der Waals surface area (Å²) in [6.45, 7) is 4.85. The Hall–Kier alpha value is -2.66. The number of carbonyl (C=O) groups excluding carboxylic acids is 1. The van der Waals surface area contributed by atoms with E-state index in [9.17, 15) is 4.79 Å². The van der Waals surface area contributed by atoms with Crippen molar-refractivity contribution in [2.24, 2.45) is 0 Å². The average molecular weight is 382 g/mol. The van der Waals surface area contributed by atoms with Gasteiger partial charge in [0.1, 0.15) is 0 Å².